The molecule has 0 rings (SSSR count). The SMILES string of the molecule is CCCCC/C=C\C/C=C\C/C=C\CCCCCCCCC(=O)OC[C@@H](COC(=O)CCCCCCC/C=C\CCCCCCCC)OC(=O)CCCCCCC/C=C\CCCCCCCCC. The highest BCUT2D eigenvalue weighted by atomic mass is 16.6. The van der Waals surface area contributed by atoms with Gasteiger partial charge in [0.15, 0.2) is 6.10 Å². The topological polar surface area (TPSA) is 78.9 Å². The number of rotatable bonds is 53. The average Bonchev–Trinajstić information content (AvgIpc) is 3.34. The van der Waals surface area contributed by atoms with E-state index in [9.17, 15) is 14.4 Å². The van der Waals surface area contributed by atoms with Crippen LogP contribution in [-0.2, 0) is 28.6 Å². The van der Waals surface area contributed by atoms with Crippen LogP contribution in [-0.4, -0.2) is 37.2 Å². The summed E-state index contributed by atoms with van der Waals surface area (Å²) in [5, 5.41) is 0. The van der Waals surface area contributed by atoms with Gasteiger partial charge in [-0.15, -0.1) is 0 Å². The molecule has 0 aliphatic carbocycles. The molecule has 0 aromatic carbocycles. The molecule has 0 N–H and O–H groups in total. The van der Waals surface area contributed by atoms with Crippen LogP contribution < -0.4 is 0 Å². The number of carbonyl (C=O) groups is 3. The van der Waals surface area contributed by atoms with E-state index < -0.39 is 6.10 Å². The molecular weight excluding hydrogens is 841 g/mol. The van der Waals surface area contributed by atoms with Crippen LogP contribution >= 0.6 is 0 Å². The molecule has 0 saturated heterocycles. The maximum atomic E-state index is 12.9. The van der Waals surface area contributed by atoms with E-state index in [-0.39, 0.29) is 31.1 Å². The molecular formula is C62H110O6. The molecule has 0 amide bonds. The molecule has 0 heterocycles. The predicted octanol–water partition coefficient (Wildman–Crippen LogP) is 19.6. The molecule has 6 nitrogen and oxygen atoms in total. The molecule has 0 unspecified atom stereocenters. The third kappa shape index (κ3) is 54.1. The Morgan fingerprint density at radius 3 is 0.868 bits per heavy atom. The largest absolute Gasteiger partial charge is 0.462 e. The Labute approximate surface area is 421 Å². The number of hydrogen-bond acceptors (Lipinski definition) is 6. The number of hydrogen-bond donors (Lipinski definition) is 0. The Morgan fingerprint density at radius 1 is 0.294 bits per heavy atom. The average molecular weight is 952 g/mol. The van der Waals surface area contributed by atoms with Crippen molar-refractivity contribution in [3.63, 3.8) is 0 Å². The van der Waals surface area contributed by atoms with Gasteiger partial charge in [-0.2, -0.15) is 0 Å². The zero-order valence-corrected chi connectivity index (χ0v) is 45.1. The van der Waals surface area contributed by atoms with Crippen molar-refractivity contribution in [1.29, 1.82) is 0 Å². The van der Waals surface area contributed by atoms with E-state index in [0.717, 1.165) is 96.3 Å². The summed E-state index contributed by atoms with van der Waals surface area (Å²) >= 11 is 0. The normalized spacial score (nSPS) is 12.5. The summed E-state index contributed by atoms with van der Waals surface area (Å²) in [6.45, 7) is 6.60. The van der Waals surface area contributed by atoms with Crippen molar-refractivity contribution >= 4 is 17.9 Å². The van der Waals surface area contributed by atoms with Gasteiger partial charge in [0.1, 0.15) is 13.2 Å². The summed E-state index contributed by atoms with van der Waals surface area (Å²) < 4.78 is 16.9. The van der Waals surface area contributed by atoms with Gasteiger partial charge in [0.25, 0.3) is 0 Å². The highest BCUT2D eigenvalue weighted by molar-refractivity contribution is 5.71. The van der Waals surface area contributed by atoms with E-state index in [1.165, 1.54) is 161 Å². The van der Waals surface area contributed by atoms with Crippen LogP contribution in [0.4, 0.5) is 0 Å². The van der Waals surface area contributed by atoms with Gasteiger partial charge in [0.05, 0.1) is 0 Å². The van der Waals surface area contributed by atoms with Crippen LogP contribution in [0.5, 0.6) is 0 Å². The molecule has 0 aromatic rings. The fraction of sp³-hybridized carbons (Fsp3) is 0.790. The van der Waals surface area contributed by atoms with E-state index in [1.54, 1.807) is 0 Å². The Balaban J connectivity index is 4.41. The van der Waals surface area contributed by atoms with Crippen LogP contribution in [0.1, 0.15) is 297 Å². The number of carbonyl (C=O) groups excluding carboxylic acids is 3. The van der Waals surface area contributed by atoms with Crippen molar-refractivity contribution in [3.8, 4) is 0 Å². The van der Waals surface area contributed by atoms with Crippen LogP contribution in [0.15, 0.2) is 60.8 Å². The summed E-state index contributed by atoms with van der Waals surface area (Å²) in [4.78, 5) is 38.2. The summed E-state index contributed by atoms with van der Waals surface area (Å²) in [5.74, 6) is -0.903. The summed E-state index contributed by atoms with van der Waals surface area (Å²) in [7, 11) is 0. The summed E-state index contributed by atoms with van der Waals surface area (Å²) in [6, 6.07) is 0. The van der Waals surface area contributed by atoms with E-state index in [1.807, 2.05) is 0 Å². The molecule has 6 heteroatoms. The zero-order chi connectivity index (χ0) is 49.3. The predicted molar refractivity (Wildman–Crippen MR) is 293 cm³/mol. The van der Waals surface area contributed by atoms with Crippen molar-refractivity contribution in [2.45, 2.75) is 303 Å². The van der Waals surface area contributed by atoms with Crippen molar-refractivity contribution in [1.82, 2.24) is 0 Å². The lowest BCUT2D eigenvalue weighted by Crippen LogP contribution is -2.30. The quantitative estimate of drug-likeness (QED) is 0.0262. The number of ether oxygens (including phenoxy) is 3. The molecule has 0 aromatic heterocycles. The molecule has 1 atom stereocenters. The van der Waals surface area contributed by atoms with E-state index in [0.29, 0.717) is 19.3 Å². The lowest BCUT2D eigenvalue weighted by molar-refractivity contribution is -0.167. The second-order valence-corrected chi connectivity index (χ2v) is 19.5. The number of esters is 3. The zero-order valence-electron chi connectivity index (χ0n) is 45.1. The van der Waals surface area contributed by atoms with Crippen LogP contribution in [0.2, 0.25) is 0 Å². The third-order valence-electron chi connectivity index (χ3n) is 12.7. The summed E-state index contributed by atoms with van der Waals surface area (Å²) in [5.41, 5.74) is 0. The van der Waals surface area contributed by atoms with Gasteiger partial charge in [-0.3, -0.25) is 14.4 Å². The van der Waals surface area contributed by atoms with Crippen LogP contribution in [0.25, 0.3) is 0 Å². The van der Waals surface area contributed by atoms with E-state index in [4.69, 9.17) is 14.2 Å². The van der Waals surface area contributed by atoms with Crippen molar-refractivity contribution in [2.75, 3.05) is 13.2 Å². The Morgan fingerprint density at radius 2 is 0.529 bits per heavy atom. The first-order chi connectivity index (χ1) is 33.5. The standard InChI is InChI=1S/C62H110O6/c1-4-7-10-13-16-19-22-25-28-30-31-32-35-37-40-43-46-49-52-55-61(64)67-58-59(57-66-60(63)54-51-48-45-42-39-36-33-27-24-21-18-15-12-9-6-3)68-62(65)56-53-50-47-44-41-38-34-29-26-23-20-17-14-11-8-5-2/h16,19,25,27-29,31-34,59H,4-15,17-18,20-24,26,30,35-58H2,1-3H3/b19-16-,28-25-,32-31-,33-27-,34-29-/t59-/m1/s1. The van der Waals surface area contributed by atoms with Gasteiger partial charge >= 0.3 is 17.9 Å². The molecule has 0 radical (unpaired) electrons. The second-order valence-electron chi connectivity index (χ2n) is 19.5. The Kier molecular flexibility index (Phi) is 54.3. The van der Waals surface area contributed by atoms with Crippen LogP contribution in [0, 0.1) is 0 Å². The fourth-order valence-electron chi connectivity index (χ4n) is 8.26. The Bertz CT molecular complexity index is 1230. The van der Waals surface area contributed by atoms with Gasteiger partial charge in [0, 0.05) is 19.3 Å². The van der Waals surface area contributed by atoms with Crippen LogP contribution in [0.3, 0.4) is 0 Å². The maximum Gasteiger partial charge on any atom is 0.306 e. The first-order valence-corrected chi connectivity index (χ1v) is 29.3. The van der Waals surface area contributed by atoms with Crippen molar-refractivity contribution < 1.29 is 28.6 Å². The fourth-order valence-corrected chi connectivity index (χ4v) is 8.26. The molecule has 0 aliphatic heterocycles. The molecule has 394 valence electrons. The van der Waals surface area contributed by atoms with Gasteiger partial charge in [-0.1, -0.05) is 229 Å². The molecule has 0 fully saturated rings. The van der Waals surface area contributed by atoms with Gasteiger partial charge < -0.3 is 14.2 Å². The van der Waals surface area contributed by atoms with Gasteiger partial charge in [-0.25, -0.2) is 0 Å². The monoisotopic (exact) mass is 951 g/mol. The molecule has 68 heavy (non-hydrogen) atoms. The number of allylic oxidation sites excluding steroid dienone is 10. The Hall–Kier alpha value is -2.89. The van der Waals surface area contributed by atoms with E-state index >= 15 is 0 Å². The van der Waals surface area contributed by atoms with E-state index in [2.05, 4.69) is 81.5 Å². The lowest BCUT2D eigenvalue weighted by Gasteiger charge is -2.18. The minimum Gasteiger partial charge on any atom is -0.462 e. The third-order valence-corrected chi connectivity index (χ3v) is 12.7. The number of unbranched alkanes of at least 4 members (excludes halogenated alkanes) is 32. The lowest BCUT2D eigenvalue weighted by atomic mass is 10.1. The van der Waals surface area contributed by atoms with Crippen molar-refractivity contribution in [2.24, 2.45) is 0 Å². The second kappa shape index (κ2) is 56.7. The highest BCUT2D eigenvalue weighted by Crippen LogP contribution is 2.15. The van der Waals surface area contributed by atoms with Crippen molar-refractivity contribution in [3.05, 3.63) is 60.8 Å². The minimum atomic E-state index is -0.787. The van der Waals surface area contributed by atoms with Gasteiger partial charge in [0.2, 0.25) is 0 Å². The molecule has 0 bridgehead atoms. The molecule has 0 saturated carbocycles. The highest BCUT2D eigenvalue weighted by Gasteiger charge is 2.19. The first kappa shape index (κ1) is 65.1. The summed E-state index contributed by atoms with van der Waals surface area (Å²) in [6.07, 6.45) is 70.6. The first-order valence-electron chi connectivity index (χ1n) is 29.3. The molecule has 0 aliphatic rings. The molecule has 0 spiro atoms. The smallest absolute Gasteiger partial charge is 0.306 e. The minimum absolute atomic E-state index is 0.0852. The maximum absolute atomic E-state index is 12.9. The van der Waals surface area contributed by atoms with Gasteiger partial charge in [-0.05, 0) is 109 Å².